The molecule has 1 aromatic carbocycles. The zero-order valence-electron chi connectivity index (χ0n) is 10.6. The third-order valence-corrected chi connectivity index (χ3v) is 3.29. The van der Waals surface area contributed by atoms with Gasteiger partial charge in [0.15, 0.2) is 6.10 Å². The second-order valence-electron chi connectivity index (χ2n) is 4.75. The van der Waals surface area contributed by atoms with Gasteiger partial charge in [-0.15, -0.1) is 0 Å². The largest absolute Gasteiger partial charge is 0.460 e. The Labute approximate surface area is 107 Å². The van der Waals surface area contributed by atoms with E-state index in [-0.39, 0.29) is 6.10 Å². The molecule has 0 radical (unpaired) electrons. The predicted octanol–water partition coefficient (Wildman–Crippen LogP) is 1.36. The van der Waals surface area contributed by atoms with Gasteiger partial charge in [-0.2, -0.15) is 0 Å². The molecule has 1 N–H and O–H groups in total. The van der Waals surface area contributed by atoms with Crippen LogP contribution >= 0.6 is 0 Å². The lowest BCUT2D eigenvalue weighted by molar-refractivity contribution is -0.161. The van der Waals surface area contributed by atoms with E-state index < -0.39 is 12.1 Å². The minimum atomic E-state index is -1.18. The third-order valence-electron chi connectivity index (χ3n) is 3.29. The van der Waals surface area contributed by atoms with E-state index in [9.17, 15) is 9.90 Å². The van der Waals surface area contributed by atoms with Gasteiger partial charge in [0.2, 0.25) is 0 Å². The maximum Gasteiger partial charge on any atom is 0.339 e. The lowest BCUT2D eigenvalue weighted by Crippen LogP contribution is -2.36. The van der Waals surface area contributed by atoms with Crippen molar-refractivity contribution in [1.29, 1.82) is 0 Å². The number of nitrogens with zero attached hydrogens (tertiary/aromatic N) is 1. The molecule has 4 nitrogen and oxygen atoms in total. The third kappa shape index (κ3) is 3.31. The number of aliphatic hydroxyl groups excluding tert-OH is 1. The molecule has 18 heavy (non-hydrogen) atoms. The van der Waals surface area contributed by atoms with E-state index in [1.54, 1.807) is 24.3 Å². The summed E-state index contributed by atoms with van der Waals surface area (Å²) in [6.07, 6.45) is 0.436. The van der Waals surface area contributed by atoms with Gasteiger partial charge in [0, 0.05) is 13.1 Å². The standard InChI is InChI=1S/C14H19NO3/c1-15-9-7-12(8-10-15)18-14(17)13(16)11-5-3-2-4-6-11/h2-6,12-13,16H,7-10H2,1H3/t13-/m0/s1. The van der Waals surface area contributed by atoms with Gasteiger partial charge in [-0.3, -0.25) is 0 Å². The molecule has 0 bridgehead atoms. The van der Waals surface area contributed by atoms with Crippen molar-refractivity contribution in [2.45, 2.75) is 25.0 Å². The van der Waals surface area contributed by atoms with Crippen LogP contribution in [0.2, 0.25) is 0 Å². The lowest BCUT2D eigenvalue weighted by Gasteiger charge is -2.29. The van der Waals surface area contributed by atoms with Crippen molar-refractivity contribution in [2.75, 3.05) is 20.1 Å². The number of ether oxygens (including phenoxy) is 1. The Morgan fingerprint density at radius 1 is 1.33 bits per heavy atom. The fourth-order valence-electron chi connectivity index (χ4n) is 2.10. The van der Waals surface area contributed by atoms with Crippen LogP contribution in [0.15, 0.2) is 30.3 Å². The van der Waals surface area contributed by atoms with Crippen LogP contribution in [0.5, 0.6) is 0 Å². The van der Waals surface area contributed by atoms with Crippen molar-refractivity contribution in [3.8, 4) is 0 Å². The fourth-order valence-corrected chi connectivity index (χ4v) is 2.10. The normalized spacial score (nSPS) is 19.4. The molecule has 1 heterocycles. The van der Waals surface area contributed by atoms with Gasteiger partial charge < -0.3 is 14.7 Å². The van der Waals surface area contributed by atoms with Crippen LogP contribution in [0.25, 0.3) is 0 Å². The van der Waals surface area contributed by atoms with Crippen molar-refractivity contribution in [3.63, 3.8) is 0 Å². The Bertz CT molecular complexity index is 385. The average molecular weight is 249 g/mol. The highest BCUT2D eigenvalue weighted by molar-refractivity contribution is 5.76. The number of esters is 1. The molecule has 1 saturated heterocycles. The maximum absolute atomic E-state index is 11.8. The van der Waals surface area contributed by atoms with E-state index in [0.29, 0.717) is 5.56 Å². The summed E-state index contributed by atoms with van der Waals surface area (Å²) >= 11 is 0. The SMILES string of the molecule is CN1CCC(OC(=O)[C@@H](O)c2ccccc2)CC1. The molecule has 1 fully saturated rings. The van der Waals surface area contributed by atoms with E-state index in [0.717, 1.165) is 25.9 Å². The lowest BCUT2D eigenvalue weighted by atomic mass is 10.1. The number of benzene rings is 1. The molecule has 0 saturated carbocycles. The first-order chi connectivity index (χ1) is 8.66. The number of aliphatic hydroxyl groups is 1. The molecule has 2 rings (SSSR count). The molecule has 4 heteroatoms. The second-order valence-corrected chi connectivity index (χ2v) is 4.75. The molecular formula is C14H19NO3. The summed E-state index contributed by atoms with van der Waals surface area (Å²) in [6, 6.07) is 8.88. The number of carbonyl (C=O) groups is 1. The smallest absolute Gasteiger partial charge is 0.339 e. The Balaban J connectivity index is 1.88. The first-order valence-electron chi connectivity index (χ1n) is 6.29. The summed E-state index contributed by atoms with van der Waals surface area (Å²) in [5.74, 6) is -0.546. The average Bonchev–Trinajstić information content (AvgIpc) is 2.41. The number of rotatable bonds is 3. The highest BCUT2D eigenvalue weighted by Gasteiger charge is 2.25. The van der Waals surface area contributed by atoms with Crippen LogP contribution in [-0.4, -0.2) is 42.2 Å². The molecule has 1 atom stereocenters. The number of hydrogen-bond acceptors (Lipinski definition) is 4. The summed E-state index contributed by atoms with van der Waals surface area (Å²) in [4.78, 5) is 14.0. The second kappa shape index (κ2) is 5.98. The number of carbonyl (C=O) groups excluding carboxylic acids is 1. The minimum Gasteiger partial charge on any atom is -0.460 e. The molecule has 98 valence electrons. The predicted molar refractivity (Wildman–Crippen MR) is 68.0 cm³/mol. The van der Waals surface area contributed by atoms with Crippen LogP contribution in [0.1, 0.15) is 24.5 Å². The van der Waals surface area contributed by atoms with E-state index in [1.165, 1.54) is 0 Å². The fraction of sp³-hybridized carbons (Fsp3) is 0.500. The van der Waals surface area contributed by atoms with Crippen molar-refractivity contribution < 1.29 is 14.6 Å². The highest BCUT2D eigenvalue weighted by Crippen LogP contribution is 2.18. The summed E-state index contributed by atoms with van der Waals surface area (Å²) < 4.78 is 5.34. The first kappa shape index (κ1) is 13.1. The van der Waals surface area contributed by atoms with Crippen LogP contribution in [0, 0.1) is 0 Å². The summed E-state index contributed by atoms with van der Waals surface area (Å²) in [5.41, 5.74) is 0.579. The van der Waals surface area contributed by atoms with E-state index in [2.05, 4.69) is 11.9 Å². The highest BCUT2D eigenvalue weighted by atomic mass is 16.6. The summed E-state index contributed by atoms with van der Waals surface area (Å²) in [7, 11) is 2.05. The number of likely N-dealkylation sites (tertiary alicyclic amines) is 1. The Morgan fingerprint density at radius 2 is 1.94 bits per heavy atom. The summed E-state index contributed by atoms with van der Waals surface area (Å²) in [6.45, 7) is 1.86. The quantitative estimate of drug-likeness (QED) is 0.822. The van der Waals surface area contributed by atoms with Gasteiger partial charge >= 0.3 is 5.97 Å². The van der Waals surface area contributed by atoms with Crippen molar-refractivity contribution >= 4 is 5.97 Å². The van der Waals surface area contributed by atoms with Crippen LogP contribution < -0.4 is 0 Å². The Morgan fingerprint density at radius 3 is 2.56 bits per heavy atom. The topological polar surface area (TPSA) is 49.8 Å². The number of hydrogen-bond donors (Lipinski definition) is 1. The molecule has 0 amide bonds. The van der Waals surface area contributed by atoms with Gasteiger partial charge in [-0.05, 0) is 25.5 Å². The molecule has 0 aromatic heterocycles. The maximum atomic E-state index is 11.8. The Kier molecular flexibility index (Phi) is 4.33. The van der Waals surface area contributed by atoms with E-state index in [4.69, 9.17) is 4.74 Å². The van der Waals surface area contributed by atoms with Crippen LogP contribution in [0.4, 0.5) is 0 Å². The Hall–Kier alpha value is -1.39. The van der Waals surface area contributed by atoms with Gasteiger partial charge in [-0.25, -0.2) is 4.79 Å². The van der Waals surface area contributed by atoms with Crippen molar-refractivity contribution in [3.05, 3.63) is 35.9 Å². The molecule has 1 aliphatic rings. The molecule has 1 aliphatic heterocycles. The zero-order valence-corrected chi connectivity index (χ0v) is 10.6. The molecule has 1 aromatic rings. The van der Waals surface area contributed by atoms with E-state index >= 15 is 0 Å². The van der Waals surface area contributed by atoms with Gasteiger partial charge in [0.05, 0.1) is 0 Å². The van der Waals surface area contributed by atoms with Crippen molar-refractivity contribution in [2.24, 2.45) is 0 Å². The monoisotopic (exact) mass is 249 g/mol. The minimum absolute atomic E-state index is 0.0629. The van der Waals surface area contributed by atoms with Crippen LogP contribution in [0.3, 0.4) is 0 Å². The van der Waals surface area contributed by atoms with Gasteiger partial charge in [0.1, 0.15) is 6.10 Å². The van der Waals surface area contributed by atoms with E-state index in [1.807, 2.05) is 6.07 Å². The van der Waals surface area contributed by atoms with Crippen LogP contribution in [-0.2, 0) is 9.53 Å². The number of piperidine rings is 1. The molecule has 0 spiro atoms. The van der Waals surface area contributed by atoms with Crippen molar-refractivity contribution in [1.82, 2.24) is 4.90 Å². The summed E-state index contributed by atoms with van der Waals surface area (Å²) in [5, 5.41) is 9.89. The first-order valence-corrected chi connectivity index (χ1v) is 6.29. The molecular weight excluding hydrogens is 230 g/mol. The molecule has 0 unspecified atom stereocenters. The van der Waals surface area contributed by atoms with Gasteiger partial charge in [0.25, 0.3) is 0 Å². The zero-order chi connectivity index (χ0) is 13.0. The molecule has 0 aliphatic carbocycles. The van der Waals surface area contributed by atoms with Gasteiger partial charge in [-0.1, -0.05) is 30.3 Å².